The molecule has 1 N–H and O–H groups in total. The number of anilines is 2. The van der Waals surface area contributed by atoms with E-state index in [0.717, 1.165) is 0 Å². The predicted molar refractivity (Wildman–Crippen MR) is 113 cm³/mol. The Morgan fingerprint density at radius 3 is 2.42 bits per heavy atom. The van der Waals surface area contributed by atoms with Crippen molar-refractivity contribution in [2.45, 2.75) is 26.4 Å². The number of ether oxygens (including phenoxy) is 1. The predicted octanol–water partition coefficient (Wildman–Crippen LogP) is 6.09. The first-order valence-electron chi connectivity index (χ1n) is 9.70. The zero-order valence-electron chi connectivity index (χ0n) is 17.3. The molecule has 7 heteroatoms. The van der Waals surface area contributed by atoms with Crippen molar-refractivity contribution in [2.75, 3.05) is 11.9 Å². The Labute approximate surface area is 178 Å². The van der Waals surface area contributed by atoms with Crippen LogP contribution in [0.2, 0.25) is 0 Å². The maximum atomic E-state index is 15.3. The van der Waals surface area contributed by atoms with E-state index in [2.05, 4.69) is 0 Å². The van der Waals surface area contributed by atoms with E-state index in [9.17, 15) is 18.7 Å². The Morgan fingerprint density at radius 2 is 1.77 bits per heavy atom. The SMILES string of the molecule is CCC(Oc1ccc(C)c(N(C)c2cc(-c3cccc(F)c3)ccc2F)c1F)C(=O)O. The van der Waals surface area contributed by atoms with E-state index in [1.807, 2.05) is 0 Å². The lowest BCUT2D eigenvalue weighted by Crippen LogP contribution is -2.26. The van der Waals surface area contributed by atoms with E-state index in [4.69, 9.17) is 4.74 Å². The van der Waals surface area contributed by atoms with E-state index < -0.39 is 29.5 Å². The molecule has 3 aromatic rings. The zero-order valence-corrected chi connectivity index (χ0v) is 17.3. The number of hydrogen-bond acceptors (Lipinski definition) is 3. The Morgan fingerprint density at radius 1 is 1.06 bits per heavy atom. The number of rotatable bonds is 7. The highest BCUT2D eigenvalue weighted by Gasteiger charge is 2.23. The summed E-state index contributed by atoms with van der Waals surface area (Å²) in [6.07, 6.45) is -1.05. The molecule has 0 aromatic heterocycles. The average Bonchev–Trinajstić information content (AvgIpc) is 2.73. The third kappa shape index (κ3) is 4.66. The highest BCUT2D eigenvalue weighted by Crippen LogP contribution is 2.37. The third-order valence-corrected chi connectivity index (χ3v) is 5.00. The zero-order chi connectivity index (χ0) is 22.7. The smallest absolute Gasteiger partial charge is 0.344 e. The van der Waals surface area contributed by atoms with Gasteiger partial charge in [-0.2, -0.15) is 0 Å². The number of aryl methyl sites for hydroxylation is 1. The van der Waals surface area contributed by atoms with E-state index in [-0.39, 0.29) is 23.5 Å². The molecule has 4 nitrogen and oxygen atoms in total. The maximum Gasteiger partial charge on any atom is 0.344 e. The number of carboxylic acid groups (broad SMARTS) is 1. The lowest BCUT2D eigenvalue weighted by molar-refractivity contribution is -0.145. The maximum absolute atomic E-state index is 15.3. The molecule has 3 aromatic carbocycles. The monoisotopic (exact) mass is 429 g/mol. The number of hydrogen-bond donors (Lipinski definition) is 1. The molecule has 0 fully saturated rings. The van der Waals surface area contributed by atoms with Crippen LogP contribution < -0.4 is 9.64 Å². The van der Waals surface area contributed by atoms with Crippen LogP contribution in [0.1, 0.15) is 18.9 Å². The fourth-order valence-electron chi connectivity index (χ4n) is 3.34. The van der Waals surface area contributed by atoms with E-state index in [0.29, 0.717) is 16.7 Å². The highest BCUT2D eigenvalue weighted by atomic mass is 19.1. The molecule has 0 saturated heterocycles. The number of carbonyl (C=O) groups is 1. The molecule has 0 heterocycles. The fourth-order valence-corrected chi connectivity index (χ4v) is 3.34. The molecular weight excluding hydrogens is 407 g/mol. The second-order valence-corrected chi connectivity index (χ2v) is 7.13. The van der Waals surface area contributed by atoms with Gasteiger partial charge in [-0.05, 0) is 60.4 Å². The van der Waals surface area contributed by atoms with Gasteiger partial charge in [0.05, 0.1) is 11.4 Å². The summed E-state index contributed by atoms with van der Waals surface area (Å²) < 4.78 is 48.9. The fraction of sp³-hybridized carbons (Fsp3) is 0.208. The Balaban J connectivity index is 2.05. The second-order valence-electron chi connectivity index (χ2n) is 7.13. The van der Waals surface area contributed by atoms with Crippen LogP contribution in [0, 0.1) is 24.4 Å². The Kier molecular flexibility index (Phi) is 6.53. The van der Waals surface area contributed by atoms with Gasteiger partial charge in [0.15, 0.2) is 17.7 Å². The highest BCUT2D eigenvalue weighted by molar-refractivity contribution is 5.75. The van der Waals surface area contributed by atoms with Gasteiger partial charge in [0, 0.05) is 7.05 Å². The normalized spacial score (nSPS) is 11.8. The molecular formula is C24H22F3NO3. The van der Waals surface area contributed by atoms with Gasteiger partial charge >= 0.3 is 5.97 Å². The van der Waals surface area contributed by atoms with E-state index >= 15 is 4.39 Å². The Bertz CT molecular complexity index is 1120. The number of aliphatic carboxylic acids is 1. The van der Waals surface area contributed by atoms with Crippen LogP contribution in [-0.2, 0) is 4.79 Å². The molecule has 0 spiro atoms. The van der Waals surface area contributed by atoms with Crippen molar-refractivity contribution >= 4 is 17.3 Å². The summed E-state index contributed by atoms with van der Waals surface area (Å²) in [5, 5.41) is 9.20. The van der Waals surface area contributed by atoms with E-state index in [1.165, 1.54) is 48.3 Å². The van der Waals surface area contributed by atoms with Crippen LogP contribution in [0.4, 0.5) is 24.5 Å². The van der Waals surface area contributed by atoms with Crippen molar-refractivity contribution in [2.24, 2.45) is 0 Å². The van der Waals surface area contributed by atoms with Crippen molar-refractivity contribution in [3.8, 4) is 16.9 Å². The van der Waals surface area contributed by atoms with Crippen molar-refractivity contribution in [3.05, 3.63) is 77.6 Å². The Hall–Kier alpha value is -3.48. The van der Waals surface area contributed by atoms with Crippen LogP contribution in [0.15, 0.2) is 54.6 Å². The summed E-state index contributed by atoms with van der Waals surface area (Å²) in [4.78, 5) is 12.6. The molecule has 3 rings (SSSR count). The first-order valence-corrected chi connectivity index (χ1v) is 9.70. The topological polar surface area (TPSA) is 49.8 Å². The van der Waals surface area contributed by atoms with Gasteiger partial charge < -0.3 is 14.7 Å². The number of benzene rings is 3. The van der Waals surface area contributed by atoms with Crippen LogP contribution in [0.5, 0.6) is 5.75 Å². The minimum absolute atomic E-state index is 0.0491. The number of carboxylic acids is 1. The molecule has 0 aliphatic heterocycles. The lowest BCUT2D eigenvalue weighted by atomic mass is 10.0. The summed E-state index contributed by atoms with van der Waals surface area (Å²) in [5.74, 6) is -3.25. The van der Waals surface area contributed by atoms with E-state index in [1.54, 1.807) is 32.0 Å². The summed E-state index contributed by atoms with van der Waals surface area (Å²) in [5.41, 5.74) is 1.74. The first kappa shape index (κ1) is 22.2. The summed E-state index contributed by atoms with van der Waals surface area (Å²) in [7, 11) is 1.50. The first-order chi connectivity index (χ1) is 14.7. The van der Waals surface area contributed by atoms with Gasteiger partial charge in [-0.15, -0.1) is 0 Å². The van der Waals surface area contributed by atoms with Gasteiger partial charge in [-0.3, -0.25) is 0 Å². The minimum atomic E-state index is -1.21. The van der Waals surface area contributed by atoms with Crippen LogP contribution >= 0.6 is 0 Å². The molecule has 0 amide bonds. The van der Waals surface area contributed by atoms with Crippen molar-refractivity contribution in [1.82, 2.24) is 0 Å². The molecule has 0 bridgehead atoms. The molecule has 31 heavy (non-hydrogen) atoms. The third-order valence-electron chi connectivity index (χ3n) is 5.00. The molecule has 0 radical (unpaired) electrons. The lowest BCUT2D eigenvalue weighted by Gasteiger charge is -2.25. The van der Waals surface area contributed by atoms with Crippen molar-refractivity contribution in [3.63, 3.8) is 0 Å². The standard InChI is InChI=1S/C24H22F3NO3/c1-4-20(24(29)30)31-21-11-8-14(2)23(22(21)27)28(3)19-13-16(9-10-18(19)26)15-6-5-7-17(25)12-15/h5-13,20H,4H2,1-3H3,(H,29,30). The van der Waals surface area contributed by atoms with Crippen LogP contribution in [-0.4, -0.2) is 24.2 Å². The van der Waals surface area contributed by atoms with Gasteiger partial charge in [0.2, 0.25) is 0 Å². The van der Waals surface area contributed by atoms with Crippen molar-refractivity contribution < 1.29 is 27.8 Å². The number of halogens is 3. The molecule has 1 unspecified atom stereocenters. The quantitative estimate of drug-likeness (QED) is 0.494. The van der Waals surface area contributed by atoms with Gasteiger partial charge in [-0.1, -0.05) is 31.2 Å². The van der Waals surface area contributed by atoms with Crippen molar-refractivity contribution in [1.29, 1.82) is 0 Å². The minimum Gasteiger partial charge on any atom is -0.479 e. The molecule has 0 saturated carbocycles. The van der Waals surface area contributed by atoms with Crippen LogP contribution in [0.25, 0.3) is 11.1 Å². The summed E-state index contributed by atoms with van der Waals surface area (Å²) in [6.45, 7) is 3.27. The molecule has 0 aliphatic carbocycles. The van der Waals surface area contributed by atoms with Gasteiger partial charge in [0.1, 0.15) is 11.6 Å². The number of nitrogens with zero attached hydrogens (tertiary/aromatic N) is 1. The average molecular weight is 429 g/mol. The summed E-state index contributed by atoms with van der Waals surface area (Å²) in [6, 6.07) is 13.1. The molecule has 1 atom stereocenters. The largest absolute Gasteiger partial charge is 0.479 e. The second kappa shape index (κ2) is 9.12. The van der Waals surface area contributed by atoms with Gasteiger partial charge in [0.25, 0.3) is 0 Å². The molecule has 162 valence electrons. The molecule has 0 aliphatic rings. The van der Waals surface area contributed by atoms with Crippen LogP contribution in [0.3, 0.4) is 0 Å². The van der Waals surface area contributed by atoms with Gasteiger partial charge in [-0.25, -0.2) is 18.0 Å². The summed E-state index contributed by atoms with van der Waals surface area (Å²) >= 11 is 0.